The third-order valence-corrected chi connectivity index (χ3v) is 3.62. The summed E-state index contributed by atoms with van der Waals surface area (Å²) in [5.74, 6) is -0.00282. The van der Waals surface area contributed by atoms with E-state index < -0.39 is 0 Å². The molecule has 20 heavy (non-hydrogen) atoms. The predicted molar refractivity (Wildman–Crippen MR) is 82.9 cm³/mol. The van der Waals surface area contributed by atoms with Crippen LogP contribution in [0.5, 0.6) is 0 Å². The molecule has 0 aliphatic heterocycles. The van der Waals surface area contributed by atoms with Crippen LogP contribution >= 0.6 is 0 Å². The molecule has 0 atom stereocenters. The maximum Gasteiger partial charge on any atom is 0.256 e. The van der Waals surface area contributed by atoms with Crippen LogP contribution in [-0.2, 0) is 4.74 Å². The van der Waals surface area contributed by atoms with E-state index in [2.05, 4.69) is 13.8 Å². The van der Waals surface area contributed by atoms with Gasteiger partial charge in [-0.15, -0.1) is 0 Å². The minimum absolute atomic E-state index is 0.00282. The van der Waals surface area contributed by atoms with Gasteiger partial charge < -0.3 is 15.4 Å². The van der Waals surface area contributed by atoms with Gasteiger partial charge in [-0.1, -0.05) is 25.5 Å². The van der Waals surface area contributed by atoms with Gasteiger partial charge in [0.2, 0.25) is 0 Å². The summed E-state index contributed by atoms with van der Waals surface area (Å²) in [4.78, 5) is 14.7. The molecule has 0 radical (unpaired) electrons. The largest absolute Gasteiger partial charge is 0.398 e. The molecule has 0 aliphatic carbocycles. The second kappa shape index (κ2) is 7.90. The lowest BCUT2D eigenvalue weighted by molar-refractivity contribution is 0.0590. The third-order valence-electron chi connectivity index (χ3n) is 3.62. The molecule has 0 saturated heterocycles. The summed E-state index contributed by atoms with van der Waals surface area (Å²) in [6.45, 7) is 7.29. The Morgan fingerprint density at radius 3 is 2.55 bits per heavy atom. The highest BCUT2D eigenvalue weighted by molar-refractivity contribution is 5.99. The van der Waals surface area contributed by atoms with Crippen LogP contribution in [0.2, 0.25) is 0 Å². The van der Waals surface area contributed by atoms with Gasteiger partial charge in [0, 0.05) is 25.4 Å². The SMILES string of the molecule is CCC(CC)N(CCOC)C(=O)c1cc(C)ccc1N. The van der Waals surface area contributed by atoms with Gasteiger partial charge in [-0.05, 0) is 31.9 Å². The van der Waals surface area contributed by atoms with E-state index in [9.17, 15) is 4.79 Å². The van der Waals surface area contributed by atoms with Crippen LogP contribution in [0.3, 0.4) is 0 Å². The molecule has 112 valence electrons. The number of anilines is 1. The summed E-state index contributed by atoms with van der Waals surface area (Å²) in [5, 5.41) is 0. The number of hydrogen-bond donors (Lipinski definition) is 1. The van der Waals surface area contributed by atoms with E-state index in [1.54, 1.807) is 13.2 Å². The molecule has 4 nitrogen and oxygen atoms in total. The minimum Gasteiger partial charge on any atom is -0.398 e. The first-order chi connectivity index (χ1) is 9.54. The molecule has 0 saturated carbocycles. The van der Waals surface area contributed by atoms with Crippen molar-refractivity contribution in [3.8, 4) is 0 Å². The maximum atomic E-state index is 12.8. The van der Waals surface area contributed by atoms with Crippen molar-refractivity contribution in [3.05, 3.63) is 29.3 Å². The molecule has 0 unspecified atom stereocenters. The summed E-state index contributed by atoms with van der Waals surface area (Å²) in [6.07, 6.45) is 1.86. The highest BCUT2D eigenvalue weighted by atomic mass is 16.5. The standard InChI is InChI=1S/C16H26N2O2/c1-5-13(6-2)18(9-10-20-4)16(19)14-11-12(3)7-8-15(14)17/h7-8,11,13H,5-6,9-10,17H2,1-4H3. The van der Waals surface area contributed by atoms with Crippen molar-refractivity contribution in [1.82, 2.24) is 4.90 Å². The number of hydrogen-bond acceptors (Lipinski definition) is 3. The predicted octanol–water partition coefficient (Wildman–Crippen LogP) is 2.85. The van der Waals surface area contributed by atoms with E-state index in [0.717, 1.165) is 18.4 Å². The van der Waals surface area contributed by atoms with Crippen molar-refractivity contribution in [3.63, 3.8) is 0 Å². The zero-order valence-electron chi connectivity index (χ0n) is 13.0. The van der Waals surface area contributed by atoms with Crippen molar-refractivity contribution >= 4 is 11.6 Å². The van der Waals surface area contributed by atoms with Gasteiger partial charge in [0.15, 0.2) is 0 Å². The van der Waals surface area contributed by atoms with Gasteiger partial charge in [-0.2, -0.15) is 0 Å². The second-order valence-electron chi connectivity index (χ2n) is 5.05. The van der Waals surface area contributed by atoms with E-state index in [1.807, 2.05) is 24.0 Å². The normalized spacial score (nSPS) is 10.8. The first-order valence-corrected chi connectivity index (χ1v) is 7.21. The summed E-state index contributed by atoms with van der Waals surface area (Å²) in [7, 11) is 1.65. The molecular formula is C16H26N2O2. The number of nitrogens with two attached hydrogens (primary N) is 1. The number of rotatable bonds is 7. The fraction of sp³-hybridized carbons (Fsp3) is 0.562. The molecule has 4 heteroatoms. The number of nitrogens with zero attached hydrogens (tertiary/aromatic N) is 1. The lowest BCUT2D eigenvalue weighted by atomic mass is 10.1. The summed E-state index contributed by atoms with van der Waals surface area (Å²) >= 11 is 0. The van der Waals surface area contributed by atoms with Crippen molar-refractivity contribution < 1.29 is 9.53 Å². The van der Waals surface area contributed by atoms with Crippen LogP contribution in [0.15, 0.2) is 18.2 Å². The zero-order chi connectivity index (χ0) is 15.1. The zero-order valence-corrected chi connectivity index (χ0v) is 13.0. The Hall–Kier alpha value is -1.55. The molecule has 0 aliphatic rings. The number of aryl methyl sites for hydroxylation is 1. The minimum atomic E-state index is -0.00282. The fourth-order valence-electron chi connectivity index (χ4n) is 2.38. The lowest BCUT2D eigenvalue weighted by Crippen LogP contribution is -2.42. The molecular weight excluding hydrogens is 252 g/mol. The van der Waals surface area contributed by atoms with Crippen LogP contribution < -0.4 is 5.73 Å². The molecule has 0 heterocycles. The molecule has 1 aromatic carbocycles. The Morgan fingerprint density at radius 1 is 1.35 bits per heavy atom. The topological polar surface area (TPSA) is 55.6 Å². The van der Waals surface area contributed by atoms with Gasteiger partial charge in [-0.3, -0.25) is 4.79 Å². The van der Waals surface area contributed by atoms with E-state index >= 15 is 0 Å². The molecule has 0 bridgehead atoms. The number of carbonyl (C=O) groups is 1. The quantitative estimate of drug-likeness (QED) is 0.780. The molecule has 2 N–H and O–H groups in total. The highest BCUT2D eigenvalue weighted by Gasteiger charge is 2.23. The van der Waals surface area contributed by atoms with Crippen LogP contribution in [-0.4, -0.2) is 37.1 Å². The average Bonchev–Trinajstić information content (AvgIpc) is 2.45. The maximum absolute atomic E-state index is 12.8. The summed E-state index contributed by atoms with van der Waals surface area (Å²) < 4.78 is 5.13. The van der Waals surface area contributed by atoms with E-state index in [-0.39, 0.29) is 11.9 Å². The summed E-state index contributed by atoms with van der Waals surface area (Å²) in [5.41, 5.74) is 8.13. The van der Waals surface area contributed by atoms with Crippen molar-refractivity contribution in [2.45, 2.75) is 39.7 Å². The van der Waals surface area contributed by atoms with Crippen molar-refractivity contribution in [1.29, 1.82) is 0 Å². The van der Waals surface area contributed by atoms with Crippen molar-refractivity contribution in [2.24, 2.45) is 0 Å². The molecule has 1 rings (SSSR count). The molecule has 1 aromatic rings. The Labute approximate surface area is 121 Å². The average molecular weight is 278 g/mol. The highest BCUT2D eigenvalue weighted by Crippen LogP contribution is 2.19. The molecule has 0 fully saturated rings. The van der Waals surface area contributed by atoms with Gasteiger partial charge in [-0.25, -0.2) is 0 Å². The second-order valence-corrected chi connectivity index (χ2v) is 5.05. The Bertz CT molecular complexity index is 442. The van der Waals surface area contributed by atoms with Crippen molar-refractivity contribution in [2.75, 3.05) is 26.0 Å². The van der Waals surface area contributed by atoms with Crippen LogP contribution in [0.1, 0.15) is 42.6 Å². The van der Waals surface area contributed by atoms with Gasteiger partial charge in [0.25, 0.3) is 5.91 Å². The monoisotopic (exact) mass is 278 g/mol. The summed E-state index contributed by atoms with van der Waals surface area (Å²) in [6, 6.07) is 5.80. The first kappa shape index (κ1) is 16.5. The Kier molecular flexibility index (Phi) is 6.52. The fourth-order valence-corrected chi connectivity index (χ4v) is 2.38. The first-order valence-electron chi connectivity index (χ1n) is 7.21. The number of amides is 1. The van der Waals surface area contributed by atoms with Crippen LogP contribution in [0, 0.1) is 6.92 Å². The number of nitrogen functional groups attached to an aromatic ring is 1. The van der Waals surface area contributed by atoms with E-state index in [0.29, 0.717) is 24.4 Å². The Balaban J connectivity index is 3.05. The van der Waals surface area contributed by atoms with E-state index in [4.69, 9.17) is 10.5 Å². The third kappa shape index (κ3) is 3.97. The number of methoxy groups -OCH3 is 1. The molecule has 0 spiro atoms. The lowest BCUT2D eigenvalue weighted by Gasteiger charge is -2.31. The number of ether oxygens (including phenoxy) is 1. The Morgan fingerprint density at radius 2 is 2.00 bits per heavy atom. The molecule has 0 aromatic heterocycles. The molecule has 1 amide bonds. The number of carbonyl (C=O) groups excluding carboxylic acids is 1. The van der Waals surface area contributed by atoms with Gasteiger partial charge in [0.1, 0.15) is 0 Å². The van der Waals surface area contributed by atoms with Gasteiger partial charge >= 0.3 is 0 Å². The van der Waals surface area contributed by atoms with Crippen LogP contribution in [0.4, 0.5) is 5.69 Å². The van der Waals surface area contributed by atoms with E-state index in [1.165, 1.54) is 0 Å². The number of benzene rings is 1. The smallest absolute Gasteiger partial charge is 0.256 e. The van der Waals surface area contributed by atoms with Crippen LogP contribution in [0.25, 0.3) is 0 Å². The van der Waals surface area contributed by atoms with Gasteiger partial charge in [0.05, 0.1) is 12.2 Å².